The van der Waals surface area contributed by atoms with Gasteiger partial charge in [-0.05, 0) is 88.4 Å². The summed E-state index contributed by atoms with van der Waals surface area (Å²) in [5.74, 6) is 2.62. The van der Waals surface area contributed by atoms with Gasteiger partial charge in [-0.2, -0.15) is 0 Å². The summed E-state index contributed by atoms with van der Waals surface area (Å²) >= 11 is 0. The molecule has 1 saturated carbocycles. The minimum absolute atomic E-state index is 0.181. The maximum atomic E-state index is 15.2. The van der Waals surface area contributed by atoms with Crippen LogP contribution < -0.4 is 18.9 Å². The Morgan fingerprint density at radius 1 is 1.12 bits per heavy atom. The Labute approximate surface area is 245 Å². The maximum Gasteiger partial charge on any atom is 0.309 e. The molecule has 1 spiro atoms. The van der Waals surface area contributed by atoms with Crippen LogP contribution in [0.2, 0.25) is 0 Å². The average molecular weight is 577 g/mol. The highest BCUT2D eigenvalue weighted by molar-refractivity contribution is 5.80. The van der Waals surface area contributed by atoms with Crippen molar-refractivity contribution in [1.82, 2.24) is 0 Å². The molecule has 0 radical (unpaired) electrons. The number of esters is 1. The van der Waals surface area contributed by atoms with E-state index in [1.165, 1.54) is 13.2 Å². The van der Waals surface area contributed by atoms with Gasteiger partial charge >= 0.3 is 5.97 Å². The van der Waals surface area contributed by atoms with Gasteiger partial charge in [0, 0.05) is 34.6 Å². The van der Waals surface area contributed by atoms with Crippen molar-refractivity contribution in [2.45, 2.75) is 70.5 Å². The molecule has 2 aliphatic carbocycles. The summed E-state index contributed by atoms with van der Waals surface area (Å²) in [6.07, 6.45) is 2.01. The minimum Gasteiger partial charge on any atom is -0.493 e. The summed E-state index contributed by atoms with van der Waals surface area (Å²) in [5, 5.41) is 9.95. The molecule has 8 heteroatoms. The lowest BCUT2D eigenvalue weighted by molar-refractivity contribution is -0.142. The molecule has 42 heavy (non-hydrogen) atoms. The fraction of sp³-hybridized carbons (Fsp3) is 0.441. The van der Waals surface area contributed by atoms with Crippen LogP contribution in [0, 0.1) is 25.6 Å². The van der Waals surface area contributed by atoms with Crippen LogP contribution in [0.15, 0.2) is 42.5 Å². The van der Waals surface area contributed by atoms with Crippen molar-refractivity contribution >= 4 is 5.97 Å². The van der Waals surface area contributed by atoms with Gasteiger partial charge in [-0.25, -0.2) is 4.39 Å². The molecule has 1 fully saturated rings. The number of hydrogen-bond acceptors (Lipinski definition) is 7. The normalized spacial score (nSPS) is 21.9. The topological polar surface area (TPSA) is 83.5 Å². The first-order valence-corrected chi connectivity index (χ1v) is 14.5. The van der Waals surface area contributed by atoms with Crippen molar-refractivity contribution in [3.63, 3.8) is 0 Å². The number of hydrogen-bond donors (Lipinski definition) is 1. The number of benzene rings is 3. The fourth-order valence-electron chi connectivity index (χ4n) is 6.31. The smallest absolute Gasteiger partial charge is 0.309 e. The molecule has 1 N–H and O–H groups in total. The second-order valence-electron chi connectivity index (χ2n) is 12.4. The van der Waals surface area contributed by atoms with Crippen molar-refractivity contribution in [3.05, 3.63) is 76.1 Å². The molecule has 3 aliphatic rings. The highest BCUT2D eigenvalue weighted by atomic mass is 19.1. The number of methoxy groups -OCH3 is 1. The number of rotatable bonds is 9. The van der Waals surface area contributed by atoms with Gasteiger partial charge in [0.25, 0.3) is 0 Å². The van der Waals surface area contributed by atoms with Gasteiger partial charge in [-0.1, -0.05) is 6.07 Å². The Bertz CT molecular complexity index is 1520. The van der Waals surface area contributed by atoms with E-state index in [1.807, 2.05) is 44.2 Å². The van der Waals surface area contributed by atoms with Crippen LogP contribution in [0.3, 0.4) is 0 Å². The molecule has 0 saturated heterocycles. The lowest BCUT2D eigenvalue weighted by atomic mass is 9.95. The molecule has 222 valence electrons. The van der Waals surface area contributed by atoms with Gasteiger partial charge in [-0.3, -0.25) is 4.79 Å². The van der Waals surface area contributed by atoms with E-state index in [0.29, 0.717) is 73.2 Å². The molecule has 3 atom stereocenters. The highest BCUT2D eigenvalue weighted by Gasteiger charge is 2.64. The van der Waals surface area contributed by atoms with Gasteiger partial charge in [0.1, 0.15) is 40.7 Å². The van der Waals surface area contributed by atoms with E-state index in [4.69, 9.17) is 23.7 Å². The van der Waals surface area contributed by atoms with Crippen molar-refractivity contribution < 1.29 is 38.0 Å². The number of aryl methyl sites for hydroxylation is 2. The quantitative estimate of drug-likeness (QED) is 0.285. The van der Waals surface area contributed by atoms with Gasteiger partial charge in [0.15, 0.2) is 0 Å². The molecular weight excluding hydrogens is 539 g/mol. The molecule has 3 aromatic carbocycles. The molecule has 6 rings (SSSR count). The van der Waals surface area contributed by atoms with Crippen LogP contribution in [0.1, 0.15) is 67.0 Å². The summed E-state index contributed by atoms with van der Waals surface area (Å²) < 4.78 is 44.7. The number of carbonyl (C=O) groups excluding carboxylic acids is 1. The minimum atomic E-state index is -0.791. The molecule has 0 aromatic heterocycles. The van der Waals surface area contributed by atoms with Crippen LogP contribution in [0.5, 0.6) is 28.7 Å². The van der Waals surface area contributed by atoms with E-state index in [0.717, 1.165) is 22.3 Å². The van der Waals surface area contributed by atoms with E-state index in [-0.39, 0.29) is 23.1 Å². The van der Waals surface area contributed by atoms with E-state index < -0.39 is 11.7 Å². The summed E-state index contributed by atoms with van der Waals surface area (Å²) in [4.78, 5) is 12.1. The molecule has 2 unspecified atom stereocenters. The molecular formula is C34H37FO7. The largest absolute Gasteiger partial charge is 0.493 e. The molecule has 7 nitrogen and oxygen atoms in total. The summed E-state index contributed by atoms with van der Waals surface area (Å²) in [6, 6.07) is 12.6. The first-order chi connectivity index (χ1) is 20.0. The first-order valence-electron chi connectivity index (χ1n) is 14.5. The zero-order chi connectivity index (χ0) is 29.8. The van der Waals surface area contributed by atoms with E-state index in [2.05, 4.69) is 0 Å². The van der Waals surface area contributed by atoms with Crippen molar-refractivity contribution in [2.24, 2.45) is 5.92 Å². The SMILES string of the molecule is COC(=O)C1CC12COc1cc(O[C@@H]3CCc4c(Oc5c(C)cc(OCCC(C)(C)O)cc5C)ccc(F)c43)ccc12. The monoisotopic (exact) mass is 576 g/mol. The van der Waals surface area contributed by atoms with Gasteiger partial charge in [-0.15, -0.1) is 0 Å². The van der Waals surface area contributed by atoms with Crippen LogP contribution in [0.4, 0.5) is 4.39 Å². The second kappa shape index (κ2) is 10.5. The number of ether oxygens (including phenoxy) is 5. The lowest BCUT2D eigenvalue weighted by Crippen LogP contribution is -2.21. The predicted molar refractivity (Wildman–Crippen MR) is 154 cm³/mol. The highest BCUT2D eigenvalue weighted by Crippen LogP contribution is 2.61. The maximum absolute atomic E-state index is 15.2. The van der Waals surface area contributed by atoms with Crippen molar-refractivity contribution in [1.29, 1.82) is 0 Å². The van der Waals surface area contributed by atoms with Crippen molar-refractivity contribution in [3.8, 4) is 28.7 Å². The Hall–Kier alpha value is -3.78. The van der Waals surface area contributed by atoms with Gasteiger partial charge in [0.05, 0.1) is 31.8 Å². The second-order valence-corrected chi connectivity index (χ2v) is 12.4. The third kappa shape index (κ3) is 5.17. The molecule has 1 heterocycles. The zero-order valence-electron chi connectivity index (χ0n) is 24.7. The molecule has 0 amide bonds. The van der Waals surface area contributed by atoms with Gasteiger partial charge < -0.3 is 28.8 Å². The summed E-state index contributed by atoms with van der Waals surface area (Å²) in [7, 11) is 1.41. The lowest BCUT2D eigenvalue weighted by Gasteiger charge is -2.19. The van der Waals surface area contributed by atoms with Crippen LogP contribution >= 0.6 is 0 Å². The number of fused-ring (bicyclic) bond motifs is 3. The predicted octanol–water partition coefficient (Wildman–Crippen LogP) is 6.66. The van der Waals surface area contributed by atoms with Crippen LogP contribution in [-0.4, -0.2) is 37.0 Å². The Morgan fingerprint density at radius 3 is 2.60 bits per heavy atom. The summed E-state index contributed by atoms with van der Waals surface area (Å²) in [6.45, 7) is 8.27. The fourth-order valence-corrected chi connectivity index (χ4v) is 6.31. The molecule has 0 bridgehead atoms. The van der Waals surface area contributed by atoms with Crippen molar-refractivity contribution in [2.75, 3.05) is 20.3 Å². The summed E-state index contributed by atoms with van der Waals surface area (Å²) in [5.41, 5.74) is 3.02. The Morgan fingerprint density at radius 2 is 1.88 bits per heavy atom. The number of aliphatic hydroxyl groups is 1. The van der Waals surface area contributed by atoms with E-state index in [1.54, 1.807) is 19.9 Å². The molecule has 1 aliphatic heterocycles. The van der Waals surface area contributed by atoms with Crippen LogP contribution in [0.25, 0.3) is 0 Å². The van der Waals surface area contributed by atoms with Gasteiger partial charge in [0.2, 0.25) is 0 Å². The Balaban J connectivity index is 1.18. The van der Waals surface area contributed by atoms with Crippen LogP contribution in [-0.2, 0) is 21.4 Å². The Kier molecular flexibility index (Phi) is 7.08. The first kappa shape index (κ1) is 28.3. The third-order valence-corrected chi connectivity index (χ3v) is 8.68. The van der Waals surface area contributed by atoms with E-state index in [9.17, 15) is 9.90 Å². The molecule has 3 aromatic rings. The number of carbonyl (C=O) groups is 1. The van der Waals surface area contributed by atoms with E-state index >= 15 is 4.39 Å². The average Bonchev–Trinajstić information content (AvgIpc) is 3.33. The number of halogens is 1. The zero-order valence-corrected chi connectivity index (χ0v) is 24.7. The standard InChI is InChI=1S/C34H37FO7/c1-19-14-22(39-13-12-33(3,4)37)15-20(2)31(19)42-27-11-9-26(35)30-23(27)7-10-28(30)41-21-6-8-24-29(16-21)40-18-34(24)17-25(34)32(36)38-5/h6,8-9,11,14-16,25,28,37H,7,10,12-13,17-18H2,1-5H3/t25?,28-,34?/m1/s1. The third-order valence-electron chi connectivity index (χ3n) is 8.68.